The van der Waals surface area contributed by atoms with Crippen molar-refractivity contribution in [1.82, 2.24) is 14.6 Å². The molecule has 5 aromatic rings. The summed E-state index contributed by atoms with van der Waals surface area (Å²) >= 11 is 1.69. The van der Waals surface area contributed by atoms with Gasteiger partial charge in [0.15, 0.2) is 15.5 Å². The van der Waals surface area contributed by atoms with Gasteiger partial charge in [-0.05, 0) is 47.2 Å². The van der Waals surface area contributed by atoms with E-state index in [0.29, 0.717) is 5.95 Å². The minimum Gasteiger partial charge on any atom is -0.323 e. The largest absolute Gasteiger partial charge is 0.323 e. The molecule has 0 aliphatic rings. The summed E-state index contributed by atoms with van der Waals surface area (Å²) in [6, 6.07) is 18.8. The molecule has 2 aromatic carbocycles. The maximum absolute atomic E-state index is 11.6. The molecule has 29 heavy (non-hydrogen) atoms. The van der Waals surface area contributed by atoms with Crippen LogP contribution >= 0.6 is 11.3 Å². The first-order chi connectivity index (χ1) is 14.0. The van der Waals surface area contributed by atoms with E-state index in [0.717, 1.165) is 21.8 Å². The van der Waals surface area contributed by atoms with Crippen molar-refractivity contribution < 1.29 is 8.42 Å². The number of benzene rings is 2. The highest BCUT2D eigenvalue weighted by Crippen LogP contribution is 2.36. The van der Waals surface area contributed by atoms with Crippen LogP contribution in [0.4, 0.5) is 11.6 Å². The number of nitrogens with zero attached hydrogens (tertiary/aromatic N) is 3. The van der Waals surface area contributed by atoms with Gasteiger partial charge in [-0.15, -0.1) is 16.4 Å². The third-order valence-electron chi connectivity index (χ3n) is 4.65. The summed E-state index contributed by atoms with van der Waals surface area (Å²) < 4.78 is 25.0. The molecule has 3 heterocycles. The normalized spacial score (nSPS) is 11.9. The number of nitrogens with one attached hydrogen (secondary N) is 1. The van der Waals surface area contributed by atoms with E-state index in [9.17, 15) is 8.42 Å². The number of rotatable bonds is 4. The predicted molar refractivity (Wildman–Crippen MR) is 117 cm³/mol. The van der Waals surface area contributed by atoms with Gasteiger partial charge in [-0.25, -0.2) is 12.9 Å². The van der Waals surface area contributed by atoms with Crippen LogP contribution in [-0.2, 0) is 9.84 Å². The van der Waals surface area contributed by atoms with Crippen molar-refractivity contribution in [2.24, 2.45) is 0 Å². The van der Waals surface area contributed by atoms with E-state index in [1.807, 2.05) is 30.5 Å². The van der Waals surface area contributed by atoms with Gasteiger partial charge in [0.1, 0.15) is 0 Å². The molecule has 0 spiro atoms. The predicted octanol–water partition coefficient (Wildman–Crippen LogP) is 4.76. The van der Waals surface area contributed by atoms with Crippen LogP contribution in [0.3, 0.4) is 0 Å². The van der Waals surface area contributed by atoms with Crippen LogP contribution in [0.5, 0.6) is 0 Å². The highest BCUT2D eigenvalue weighted by molar-refractivity contribution is 7.90. The molecule has 6 nitrogen and oxygen atoms in total. The number of anilines is 2. The standard InChI is InChI=1S/C21H16N4O2S2/c1-29(26,27)16-10-8-15(9-11-16)22-21-23-20-18(7-4-12-25(20)24-21)19-17-6-3-2-5-14(17)13-28-19/h2-13H,1H3,(H,22,24). The van der Waals surface area contributed by atoms with E-state index in [4.69, 9.17) is 0 Å². The number of thiophene rings is 1. The Kier molecular flexibility index (Phi) is 4.11. The van der Waals surface area contributed by atoms with Crippen LogP contribution < -0.4 is 5.32 Å². The van der Waals surface area contributed by atoms with Crippen molar-refractivity contribution in [3.8, 4) is 10.4 Å². The number of hydrogen-bond acceptors (Lipinski definition) is 6. The number of pyridine rings is 1. The zero-order chi connectivity index (χ0) is 20.0. The smallest absolute Gasteiger partial charge is 0.247 e. The topological polar surface area (TPSA) is 76.4 Å². The third-order valence-corrected chi connectivity index (χ3v) is 6.83. The lowest BCUT2D eigenvalue weighted by Gasteiger charge is -2.02. The molecule has 8 heteroatoms. The number of aromatic nitrogens is 3. The Bertz CT molecular complexity index is 1450. The molecule has 3 aromatic heterocycles. The van der Waals surface area contributed by atoms with E-state index in [2.05, 4.69) is 32.9 Å². The SMILES string of the molecule is CS(=O)(=O)c1ccc(Nc2nc3c(-c4scc5ccccc45)cccn3n2)cc1. The molecule has 0 radical (unpaired) electrons. The lowest BCUT2D eigenvalue weighted by Crippen LogP contribution is -1.98. The van der Waals surface area contributed by atoms with Crippen LogP contribution in [0.15, 0.2) is 77.1 Å². The summed E-state index contributed by atoms with van der Waals surface area (Å²) in [4.78, 5) is 6.10. The van der Waals surface area contributed by atoms with Gasteiger partial charge in [-0.3, -0.25) is 0 Å². The van der Waals surface area contributed by atoms with E-state index < -0.39 is 9.84 Å². The van der Waals surface area contributed by atoms with E-state index >= 15 is 0 Å². The molecule has 0 saturated heterocycles. The zero-order valence-electron chi connectivity index (χ0n) is 15.4. The summed E-state index contributed by atoms with van der Waals surface area (Å²) in [6.07, 6.45) is 3.05. The first-order valence-corrected chi connectivity index (χ1v) is 11.7. The van der Waals surface area contributed by atoms with E-state index in [1.54, 1.807) is 40.1 Å². The Morgan fingerprint density at radius 2 is 1.79 bits per heavy atom. The van der Waals surface area contributed by atoms with Gasteiger partial charge in [0.05, 0.1) is 4.90 Å². The molecule has 0 bridgehead atoms. The van der Waals surface area contributed by atoms with Gasteiger partial charge in [-0.1, -0.05) is 24.3 Å². The van der Waals surface area contributed by atoms with Gasteiger partial charge >= 0.3 is 0 Å². The second-order valence-corrected chi connectivity index (χ2v) is 9.59. The maximum Gasteiger partial charge on any atom is 0.247 e. The number of hydrogen-bond donors (Lipinski definition) is 1. The fraction of sp³-hybridized carbons (Fsp3) is 0.0476. The fourth-order valence-corrected chi connectivity index (χ4v) is 4.93. The van der Waals surface area contributed by atoms with Crippen LogP contribution in [-0.4, -0.2) is 29.3 Å². The van der Waals surface area contributed by atoms with Crippen molar-refractivity contribution in [3.05, 3.63) is 72.2 Å². The summed E-state index contributed by atoms with van der Waals surface area (Å²) in [6.45, 7) is 0. The average molecular weight is 421 g/mol. The second-order valence-electron chi connectivity index (χ2n) is 6.70. The fourth-order valence-electron chi connectivity index (χ4n) is 3.25. The molecule has 0 amide bonds. The van der Waals surface area contributed by atoms with Crippen LogP contribution in [0.25, 0.3) is 26.9 Å². The molecule has 0 fully saturated rings. The monoisotopic (exact) mass is 420 g/mol. The molecule has 0 aliphatic heterocycles. The van der Waals surface area contributed by atoms with Crippen molar-refractivity contribution >= 4 is 49.2 Å². The third kappa shape index (κ3) is 3.26. The second kappa shape index (κ2) is 6.68. The Balaban J connectivity index is 1.54. The molecular weight excluding hydrogens is 404 g/mol. The first-order valence-electron chi connectivity index (χ1n) is 8.88. The highest BCUT2D eigenvalue weighted by Gasteiger charge is 2.14. The number of fused-ring (bicyclic) bond motifs is 2. The minimum atomic E-state index is -3.22. The van der Waals surface area contributed by atoms with Crippen molar-refractivity contribution in [1.29, 1.82) is 0 Å². The maximum atomic E-state index is 11.6. The van der Waals surface area contributed by atoms with Crippen LogP contribution in [0, 0.1) is 0 Å². The molecule has 0 unspecified atom stereocenters. The molecule has 144 valence electrons. The van der Waals surface area contributed by atoms with Gasteiger partial charge in [0.2, 0.25) is 5.95 Å². The Labute approximate surface area is 171 Å². The molecule has 5 rings (SSSR count). The van der Waals surface area contributed by atoms with Crippen LogP contribution in [0.2, 0.25) is 0 Å². The highest BCUT2D eigenvalue weighted by atomic mass is 32.2. The van der Waals surface area contributed by atoms with Crippen LogP contribution in [0.1, 0.15) is 0 Å². The van der Waals surface area contributed by atoms with Crippen molar-refractivity contribution in [2.45, 2.75) is 4.90 Å². The average Bonchev–Trinajstić information content (AvgIpc) is 3.31. The molecule has 0 saturated carbocycles. The van der Waals surface area contributed by atoms with Crippen molar-refractivity contribution in [3.63, 3.8) is 0 Å². The Morgan fingerprint density at radius 1 is 1.00 bits per heavy atom. The molecule has 0 atom stereocenters. The Hall–Kier alpha value is -3.23. The quantitative estimate of drug-likeness (QED) is 0.454. The minimum absolute atomic E-state index is 0.276. The summed E-state index contributed by atoms with van der Waals surface area (Å²) in [5.41, 5.74) is 2.50. The lowest BCUT2D eigenvalue weighted by atomic mass is 10.1. The van der Waals surface area contributed by atoms with Gasteiger partial charge < -0.3 is 5.32 Å². The lowest BCUT2D eigenvalue weighted by molar-refractivity contribution is 0.602. The summed E-state index contributed by atoms with van der Waals surface area (Å²) in [5, 5.41) is 12.2. The first kappa shape index (κ1) is 17.8. The van der Waals surface area contributed by atoms with Crippen molar-refractivity contribution in [2.75, 3.05) is 11.6 Å². The van der Waals surface area contributed by atoms with Gasteiger partial charge in [0, 0.05) is 34.0 Å². The molecule has 0 aliphatic carbocycles. The summed E-state index contributed by atoms with van der Waals surface area (Å²) in [5.74, 6) is 0.449. The summed E-state index contributed by atoms with van der Waals surface area (Å²) in [7, 11) is -3.22. The van der Waals surface area contributed by atoms with Gasteiger partial charge in [-0.2, -0.15) is 4.98 Å². The molecular formula is C21H16N4O2S2. The number of sulfone groups is 1. The van der Waals surface area contributed by atoms with E-state index in [1.165, 1.54) is 17.0 Å². The van der Waals surface area contributed by atoms with Gasteiger partial charge in [0.25, 0.3) is 0 Å². The molecule has 1 N–H and O–H groups in total. The Morgan fingerprint density at radius 3 is 2.59 bits per heavy atom. The zero-order valence-corrected chi connectivity index (χ0v) is 17.0. The van der Waals surface area contributed by atoms with E-state index in [-0.39, 0.29) is 4.90 Å².